The third-order valence-corrected chi connectivity index (χ3v) is 4.60. The van der Waals surface area contributed by atoms with E-state index in [2.05, 4.69) is 9.97 Å². The first kappa shape index (κ1) is 15.4. The summed E-state index contributed by atoms with van der Waals surface area (Å²) in [5.41, 5.74) is 3.25. The minimum absolute atomic E-state index is 0.270. The molecule has 0 radical (unpaired) electrons. The van der Waals surface area contributed by atoms with E-state index in [1.54, 1.807) is 12.1 Å². The van der Waals surface area contributed by atoms with Gasteiger partial charge in [-0.05, 0) is 43.3 Å². The van der Waals surface area contributed by atoms with E-state index in [4.69, 9.17) is 4.74 Å². The van der Waals surface area contributed by atoms with Crippen LogP contribution in [-0.4, -0.2) is 24.6 Å². The maximum absolute atomic E-state index is 11.4. The predicted molar refractivity (Wildman–Crippen MR) is 88.2 cm³/mol. The summed E-state index contributed by atoms with van der Waals surface area (Å²) in [4.78, 5) is 9.35. The number of fused-ring (bicyclic) bond motifs is 1. The van der Waals surface area contributed by atoms with E-state index in [-0.39, 0.29) is 11.5 Å². The fraction of sp³-hybridized carbons (Fsp3) is 0.176. The average molecular weight is 328 g/mol. The lowest BCUT2D eigenvalue weighted by atomic mass is 10.2. The molecule has 0 aliphatic carbocycles. The second-order valence-electron chi connectivity index (χ2n) is 5.28. The Kier molecular flexibility index (Phi) is 4.00. The summed E-state index contributed by atoms with van der Waals surface area (Å²) in [6.45, 7) is 2.17. The molecule has 6 heteroatoms. The van der Waals surface area contributed by atoms with Gasteiger partial charge in [-0.25, -0.2) is 18.4 Å². The lowest BCUT2D eigenvalue weighted by molar-refractivity contribution is 0.300. The van der Waals surface area contributed by atoms with Gasteiger partial charge in [0.1, 0.15) is 12.4 Å². The molecule has 0 saturated carbocycles. The van der Waals surface area contributed by atoms with Crippen molar-refractivity contribution < 1.29 is 13.2 Å². The highest BCUT2D eigenvalue weighted by atomic mass is 32.2. The summed E-state index contributed by atoms with van der Waals surface area (Å²) in [5, 5.41) is 0. The third kappa shape index (κ3) is 3.48. The molecule has 0 amide bonds. The summed E-state index contributed by atoms with van der Waals surface area (Å²) in [6.07, 6.45) is 1.18. The number of aryl methyl sites for hydroxylation is 1. The Hall–Kier alpha value is -2.47. The van der Waals surface area contributed by atoms with E-state index in [9.17, 15) is 8.42 Å². The molecule has 0 N–H and O–H groups in total. The smallest absolute Gasteiger partial charge is 0.175 e. The van der Waals surface area contributed by atoms with Crippen molar-refractivity contribution in [1.82, 2.24) is 9.97 Å². The first-order valence-electron chi connectivity index (χ1n) is 7.09. The number of nitrogens with zero attached hydrogens (tertiary/aromatic N) is 2. The van der Waals surface area contributed by atoms with E-state index < -0.39 is 9.84 Å². The fourth-order valence-electron chi connectivity index (χ4n) is 2.20. The Morgan fingerprint density at radius 1 is 0.957 bits per heavy atom. The first-order valence-corrected chi connectivity index (χ1v) is 8.98. The van der Waals surface area contributed by atoms with Gasteiger partial charge in [0.25, 0.3) is 0 Å². The van der Waals surface area contributed by atoms with Gasteiger partial charge in [-0.1, -0.05) is 12.1 Å². The monoisotopic (exact) mass is 328 g/mol. The molecule has 0 aliphatic rings. The molecule has 3 rings (SSSR count). The largest absolute Gasteiger partial charge is 0.487 e. The van der Waals surface area contributed by atoms with Crippen LogP contribution in [0.25, 0.3) is 11.0 Å². The lowest BCUT2D eigenvalue weighted by Crippen LogP contribution is -2.04. The van der Waals surface area contributed by atoms with Gasteiger partial charge < -0.3 is 4.74 Å². The molecule has 118 valence electrons. The SMILES string of the molecule is Cc1nc2ccccc2nc1COc1ccc(S(C)(=O)=O)cc1. The second-order valence-corrected chi connectivity index (χ2v) is 7.29. The molecule has 3 aromatic rings. The Balaban J connectivity index is 1.79. The molecule has 5 nitrogen and oxygen atoms in total. The van der Waals surface area contributed by atoms with Gasteiger partial charge in [0.05, 0.1) is 27.3 Å². The highest BCUT2D eigenvalue weighted by molar-refractivity contribution is 7.90. The van der Waals surface area contributed by atoms with Crippen molar-refractivity contribution in [3.05, 3.63) is 59.9 Å². The summed E-state index contributed by atoms with van der Waals surface area (Å²) in [6, 6.07) is 14.0. The van der Waals surface area contributed by atoms with Crippen molar-refractivity contribution in [2.45, 2.75) is 18.4 Å². The Labute approximate surface area is 134 Å². The first-order chi connectivity index (χ1) is 10.9. The molecule has 1 aromatic heterocycles. The van der Waals surface area contributed by atoms with E-state index in [1.165, 1.54) is 18.4 Å². The van der Waals surface area contributed by atoms with E-state index in [0.29, 0.717) is 5.75 Å². The maximum Gasteiger partial charge on any atom is 0.175 e. The zero-order valence-electron chi connectivity index (χ0n) is 12.9. The quantitative estimate of drug-likeness (QED) is 0.736. The second kappa shape index (κ2) is 5.96. The number of rotatable bonds is 4. The molecule has 0 unspecified atom stereocenters. The summed E-state index contributed by atoms with van der Waals surface area (Å²) >= 11 is 0. The van der Waals surface area contributed by atoms with Crippen molar-refractivity contribution in [2.24, 2.45) is 0 Å². The van der Waals surface area contributed by atoms with Crippen LogP contribution in [0.1, 0.15) is 11.4 Å². The third-order valence-electron chi connectivity index (χ3n) is 3.47. The highest BCUT2D eigenvalue weighted by Crippen LogP contribution is 2.18. The van der Waals surface area contributed by atoms with Gasteiger partial charge in [0.2, 0.25) is 0 Å². The van der Waals surface area contributed by atoms with Crippen LogP contribution in [-0.2, 0) is 16.4 Å². The normalized spacial score (nSPS) is 11.6. The number of aromatic nitrogens is 2. The topological polar surface area (TPSA) is 69.2 Å². The van der Waals surface area contributed by atoms with Crippen molar-refractivity contribution >= 4 is 20.9 Å². The number of hydrogen-bond donors (Lipinski definition) is 0. The number of ether oxygens (including phenoxy) is 1. The van der Waals surface area contributed by atoms with Crippen molar-refractivity contribution in [3.8, 4) is 5.75 Å². The van der Waals surface area contributed by atoms with Crippen LogP contribution < -0.4 is 4.74 Å². The van der Waals surface area contributed by atoms with Gasteiger partial charge in [0.15, 0.2) is 9.84 Å². The molecule has 2 aromatic carbocycles. The van der Waals surface area contributed by atoms with Gasteiger partial charge in [-0.3, -0.25) is 0 Å². The van der Waals surface area contributed by atoms with Gasteiger partial charge in [-0.2, -0.15) is 0 Å². The molecule has 0 saturated heterocycles. The van der Waals surface area contributed by atoms with Crippen LogP contribution in [0.3, 0.4) is 0 Å². The molecule has 0 fully saturated rings. The Morgan fingerprint density at radius 3 is 2.17 bits per heavy atom. The molecule has 0 spiro atoms. The maximum atomic E-state index is 11.4. The van der Waals surface area contributed by atoms with Crippen molar-refractivity contribution in [1.29, 1.82) is 0 Å². The molecule has 1 heterocycles. The van der Waals surface area contributed by atoms with Crippen LogP contribution >= 0.6 is 0 Å². The van der Waals surface area contributed by atoms with Gasteiger partial charge in [0, 0.05) is 6.26 Å². The zero-order valence-corrected chi connectivity index (χ0v) is 13.7. The van der Waals surface area contributed by atoms with Crippen molar-refractivity contribution in [3.63, 3.8) is 0 Å². The van der Waals surface area contributed by atoms with E-state index in [1.807, 2.05) is 31.2 Å². The average Bonchev–Trinajstić information content (AvgIpc) is 2.52. The van der Waals surface area contributed by atoms with E-state index >= 15 is 0 Å². The van der Waals surface area contributed by atoms with E-state index in [0.717, 1.165) is 22.4 Å². The van der Waals surface area contributed by atoms with Gasteiger partial charge >= 0.3 is 0 Å². The number of benzene rings is 2. The van der Waals surface area contributed by atoms with Gasteiger partial charge in [-0.15, -0.1) is 0 Å². The minimum atomic E-state index is -3.20. The summed E-state index contributed by atoms with van der Waals surface area (Å²) in [7, 11) is -3.20. The Bertz CT molecular complexity index is 951. The Morgan fingerprint density at radius 2 is 1.57 bits per heavy atom. The van der Waals surface area contributed by atoms with Crippen molar-refractivity contribution in [2.75, 3.05) is 6.26 Å². The van der Waals surface area contributed by atoms with Crippen LogP contribution in [0.2, 0.25) is 0 Å². The number of para-hydroxylation sites is 2. The van der Waals surface area contributed by atoms with Crippen LogP contribution in [0.4, 0.5) is 0 Å². The standard InChI is InChI=1S/C17H16N2O3S/c1-12-17(19-16-6-4-3-5-15(16)18-12)11-22-13-7-9-14(10-8-13)23(2,20)21/h3-10H,11H2,1-2H3. The number of sulfone groups is 1. The number of hydrogen-bond acceptors (Lipinski definition) is 5. The highest BCUT2D eigenvalue weighted by Gasteiger charge is 2.08. The lowest BCUT2D eigenvalue weighted by Gasteiger charge is -2.09. The fourth-order valence-corrected chi connectivity index (χ4v) is 2.83. The molecule has 0 bridgehead atoms. The minimum Gasteiger partial charge on any atom is -0.487 e. The molecule has 23 heavy (non-hydrogen) atoms. The summed E-state index contributed by atoms with van der Waals surface area (Å²) in [5.74, 6) is 0.590. The predicted octanol–water partition coefficient (Wildman–Crippen LogP) is 2.92. The molecular weight excluding hydrogens is 312 g/mol. The zero-order chi connectivity index (χ0) is 16.4. The van der Waals surface area contributed by atoms with Crippen LogP contribution in [0.5, 0.6) is 5.75 Å². The van der Waals surface area contributed by atoms with Crippen LogP contribution in [0.15, 0.2) is 53.4 Å². The molecule has 0 atom stereocenters. The molecular formula is C17H16N2O3S. The van der Waals surface area contributed by atoms with Crippen LogP contribution in [0, 0.1) is 6.92 Å². The molecule has 0 aliphatic heterocycles. The summed E-state index contributed by atoms with van der Waals surface area (Å²) < 4.78 is 28.6.